The van der Waals surface area contributed by atoms with Gasteiger partial charge in [0.25, 0.3) is 0 Å². The average Bonchev–Trinajstić information content (AvgIpc) is 1.98. The van der Waals surface area contributed by atoms with Crippen LogP contribution in [0.4, 0.5) is 39.9 Å². The molecule has 16 heavy (non-hydrogen) atoms. The van der Waals surface area contributed by atoms with Gasteiger partial charge in [-0.25, -0.2) is 4.79 Å². The summed E-state index contributed by atoms with van der Waals surface area (Å²) >= 11 is -1.17. The largest absolute Gasteiger partial charge is 0.454 e. The molecule has 3 nitrogen and oxygen atoms in total. The first kappa shape index (κ1) is 14.9. The van der Waals surface area contributed by atoms with Gasteiger partial charge in [-0.3, -0.25) is 0 Å². The predicted octanol–water partition coefficient (Wildman–Crippen LogP) is 3.32. The molecule has 0 bridgehead atoms. The number of carbonyl (C=O) groups is 1. The molecule has 0 aromatic heterocycles. The lowest BCUT2D eigenvalue weighted by molar-refractivity contribution is -0.337. The van der Waals surface area contributed by atoms with E-state index in [4.69, 9.17) is 0 Å². The molecule has 0 fully saturated rings. The van der Waals surface area contributed by atoms with Crippen molar-refractivity contribution in [2.24, 2.45) is 8.73 Å². The second-order valence-electron chi connectivity index (χ2n) is 2.13. The Kier molecular flexibility index (Phi) is 4.13. The van der Waals surface area contributed by atoms with Gasteiger partial charge in [0.05, 0.1) is 11.4 Å². The molecule has 0 heterocycles. The number of rotatable bonds is 1. The third kappa shape index (κ3) is 3.21. The second kappa shape index (κ2) is 4.43. The summed E-state index contributed by atoms with van der Waals surface area (Å²) in [5.74, 6) is -5.91. The van der Waals surface area contributed by atoms with Gasteiger partial charge in [0.2, 0.25) is 0 Å². The maximum atomic E-state index is 12.5. The van der Waals surface area contributed by atoms with E-state index in [1.807, 2.05) is 4.36 Å². The molecule has 0 spiro atoms. The maximum absolute atomic E-state index is 12.5. The molecule has 0 N–H and O–H groups in total. The lowest BCUT2D eigenvalue weighted by Crippen LogP contribution is -2.51. The van der Waals surface area contributed by atoms with Crippen molar-refractivity contribution in [1.82, 2.24) is 0 Å². The predicted molar refractivity (Wildman–Crippen MR) is 34.7 cm³/mol. The molecule has 0 aliphatic carbocycles. The SMILES string of the molecule is O=C(F)N=S=NC(F)(C(F)(F)F)C(F)(F)F. The molecule has 0 aliphatic rings. The molecule has 0 saturated carbocycles. The Balaban J connectivity index is 5.47. The van der Waals surface area contributed by atoms with Crippen molar-refractivity contribution in [3.8, 4) is 0 Å². The van der Waals surface area contributed by atoms with Gasteiger partial charge in [-0.2, -0.15) is 35.1 Å². The van der Waals surface area contributed by atoms with Gasteiger partial charge in [-0.15, -0.1) is 8.75 Å². The van der Waals surface area contributed by atoms with Gasteiger partial charge in [-0.1, -0.05) is 0 Å². The zero-order chi connectivity index (χ0) is 13.2. The Bertz CT molecular complexity index is 325. The molecular formula is C4F8N2OS. The number of alkyl halides is 7. The summed E-state index contributed by atoms with van der Waals surface area (Å²) in [4.78, 5) is 9.43. The van der Waals surface area contributed by atoms with E-state index in [-0.39, 0.29) is 0 Å². The number of nitrogens with zero attached hydrogens (tertiary/aromatic N) is 2. The molecule has 0 rings (SSSR count). The third-order valence-corrected chi connectivity index (χ3v) is 1.59. The molecule has 0 aromatic rings. The Morgan fingerprint density at radius 3 is 1.56 bits per heavy atom. The van der Waals surface area contributed by atoms with Gasteiger partial charge in [0.1, 0.15) is 0 Å². The highest BCUT2D eigenvalue weighted by Crippen LogP contribution is 2.46. The van der Waals surface area contributed by atoms with Crippen LogP contribution in [0.5, 0.6) is 0 Å². The fourth-order valence-corrected chi connectivity index (χ4v) is 0.798. The zero-order valence-electron chi connectivity index (χ0n) is 6.73. The minimum absolute atomic E-state index is 1.17. The minimum Gasteiger partial charge on any atom is -0.231 e. The second-order valence-corrected chi connectivity index (χ2v) is 2.66. The first-order valence-corrected chi connectivity index (χ1v) is 3.76. The smallest absolute Gasteiger partial charge is 0.231 e. The minimum atomic E-state index is -6.40. The van der Waals surface area contributed by atoms with E-state index in [9.17, 15) is 39.9 Å². The number of amides is 1. The van der Waals surface area contributed by atoms with Gasteiger partial charge in [-0.05, 0) is 0 Å². The van der Waals surface area contributed by atoms with Crippen molar-refractivity contribution in [2.45, 2.75) is 18.1 Å². The molecule has 0 aliphatic heterocycles. The van der Waals surface area contributed by atoms with Gasteiger partial charge < -0.3 is 0 Å². The van der Waals surface area contributed by atoms with Crippen molar-refractivity contribution in [2.75, 3.05) is 0 Å². The Labute approximate surface area is 85.3 Å². The van der Waals surface area contributed by atoms with Crippen molar-refractivity contribution in [1.29, 1.82) is 0 Å². The molecule has 94 valence electrons. The Morgan fingerprint density at radius 1 is 0.938 bits per heavy atom. The van der Waals surface area contributed by atoms with Crippen molar-refractivity contribution in [3.63, 3.8) is 0 Å². The van der Waals surface area contributed by atoms with Crippen molar-refractivity contribution in [3.05, 3.63) is 0 Å². The summed E-state index contributed by atoms with van der Waals surface area (Å²) in [7, 11) is 0. The Hall–Kier alpha value is -1.07. The first-order valence-electron chi connectivity index (χ1n) is 3.03. The van der Waals surface area contributed by atoms with Crippen LogP contribution in [0.25, 0.3) is 0 Å². The summed E-state index contributed by atoms with van der Waals surface area (Å²) in [6.45, 7) is 0. The summed E-state index contributed by atoms with van der Waals surface area (Å²) < 4.78 is 97.3. The van der Waals surface area contributed by atoms with Crippen LogP contribution in [0.3, 0.4) is 0 Å². The highest BCUT2D eigenvalue weighted by atomic mass is 32.1. The summed E-state index contributed by atoms with van der Waals surface area (Å²) in [6.07, 6.45) is -15.4. The van der Waals surface area contributed by atoms with Crippen LogP contribution >= 0.6 is 0 Å². The molecule has 0 unspecified atom stereocenters. The van der Waals surface area contributed by atoms with Gasteiger partial charge in [0, 0.05) is 0 Å². The van der Waals surface area contributed by atoms with Crippen LogP contribution in [-0.4, -0.2) is 24.3 Å². The molecule has 12 heteroatoms. The van der Waals surface area contributed by atoms with E-state index >= 15 is 0 Å². The van der Waals surface area contributed by atoms with Crippen LogP contribution in [0, 0.1) is 0 Å². The average molecular weight is 276 g/mol. The Morgan fingerprint density at radius 2 is 1.31 bits per heavy atom. The number of hydrogen-bond acceptors (Lipinski definition) is 2. The molecular weight excluding hydrogens is 276 g/mol. The topological polar surface area (TPSA) is 41.8 Å². The number of carbonyl (C=O) groups excluding carboxylic acids is 1. The molecule has 0 aromatic carbocycles. The van der Waals surface area contributed by atoms with Gasteiger partial charge in [0.15, 0.2) is 0 Å². The fourth-order valence-electron chi connectivity index (χ4n) is 0.373. The summed E-state index contributed by atoms with van der Waals surface area (Å²) in [6, 6.07) is 0. The summed E-state index contributed by atoms with van der Waals surface area (Å²) in [5, 5.41) is 0. The van der Waals surface area contributed by atoms with E-state index < -0.39 is 35.7 Å². The highest BCUT2D eigenvalue weighted by molar-refractivity contribution is 7.57. The third-order valence-electron chi connectivity index (χ3n) is 1.03. The van der Waals surface area contributed by atoms with Crippen LogP contribution in [-0.2, 0) is 11.4 Å². The number of hydrogen-bond donors (Lipinski definition) is 0. The van der Waals surface area contributed by atoms with Crippen molar-refractivity contribution < 1.29 is 39.9 Å². The standard InChI is InChI=1S/C4F8N2OS/c5-1(15)13-16-14-2(6,3(7,8)9)4(10,11)12. The highest BCUT2D eigenvalue weighted by Gasteiger charge is 2.73. The van der Waals surface area contributed by atoms with E-state index in [0.717, 1.165) is 0 Å². The van der Waals surface area contributed by atoms with E-state index in [1.165, 1.54) is 4.36 Å². The lowest BCUT2D eigenvalue weighted by atomic mass is 10.2. The fraction of sp³-hybridized carbons (Fsp3) is 0.750. The first-order chi connectivity index (χ1) is 6.92. The molecule has 0 radical (unpaired) electrons. The zero-order valence-corrected chi connectivity index (χ0v) is 7.55. The van der Waals surface area contributed by atoms with Gasteiger partial charge >= 0.3 is 24.3 Å². The van der Waals surface area contributed by atoms with Crippen LogP contribution < -0.4 is 0 Å². The quantitative estimate of drug-likeness (QED) is 0.411. The maximum Gasteiger partial charge on any atom is 0.454 e. The monoisotopic (exact) mass is 276 g/mol. The normalized spacial score (nSPS) is 13.2. The molecule has 1 amide bonds. The van der Waals surface area contributed by atoms with E-state index in [2.05, 4.69) is 0 Å². The lowest BCUT2D eigenvalue weighted by Gasteiger charge is -2.24. The van der Waals surface area contributed by atoms with Crippen LogP contribution in [0.1, 0.15) is 0 Å². The van der Waals surface area contributed by atoms with Crippen molar-refractivity contribution >= 4 is 17.5 Å². The van der Waals surface area contributed by atoms with Crippen LogP contribution in [0.2, 0.25) is 0 Å². The van der Waals surface area contributed by atoms with E-state index in [1.54, 1.807) is 0 Å². The molecule has 0 saturated heterocycles. The number of halogens is 8. The van der Waals surface area contributed by atoms with E-state index in [0.29, 0.717) is 0 Å². The summed E-state index contributed by atoms with van der Waals surface area (Å²) in [5.41, 5.74) is 0. The molecule has 0 atom stereocenters. The van der Waals surface area contributed by atoms with Crippen LogP contribution in [0.15, 0.2) is 8.73 Å².